The first-order valence-electron chi connectivity index (χ1n) is 9.96. The van der Waals surface area contributed by atoms with Gasteiger partial charge >= 0.3 is 0 Å². The molecule has 7 heteroatoms. The molecular formula is C23H24N4O3. The highest BCUT2D eigenvalue weighted by Crippen LogP contribution is 2.27. The smallest absolute Gasteiger partial charge is 0.259 e. The van der Waals surface area contributed by atoms with E-state index in [1.54, 1.807) is 36.5 Å². The second kappa shape index (κ2) is 9.37. The summed E-state index contributed by atoms with van der Waals surface area (Å²) in [6.45, 7) is 1.29. The molecule has 154 valence electrons. The molecule has 0 spiro atoms. The van der Waals surface area contributed by atoms with E-state index >= 15 is 0 Å². The Kier molecular flexibility index (Phi) is 6.20. The van der Waals surface area contributed by atoms with Crippen LogP contribution in [-0.4, -0.2) is 47.1 Å². The van der Waals surface area contributed by atoms with Gasteiger partial charge in [-0.25, -0.2) is 9.97 Å². The number of rotatable bonds is 6. The van der Waals surface area contributed by atoms with Crippen molar-refractivity contribution in [3.8, 4) is 11.6 Å². The van der Waals surface area contributed by atoms with Crippen LogP contribution in [0.25, 0.3) is 0 Å². The van der Waals surface area contributed by atoms with E-state index in [0.717, 1.165) is 24.3 Å². The number of carbonyl (C=O) groups excluding carboxylic acids is 1. The minimum absolute atomic E-state index is 0.0721. The molecule has 1 aliphatic heterocycles. The predicted molar refractivity (Wildman–Crippen MR) is 114 cm³/mol. The molecule has 1 unspecified atom stereocenters. The van der Waals surface area contributed by atoms with Gasteiger partial charge in [-0.15, -0.1) is 0 Å². The molecule has 0 saturated carbocycles. The van der Waals surface area contributed by atoms with Crippen molar-refractivity contribution < 1.29 is 14.3 Å². The number of hydrogen-bond donors (Lipinski definition) is 1. The maximum absolute atomic E-state index is 13.1. The summed E-state index contributed by atoms with van der Waals surface area (Å²) in [5, 5.41) is 3.22. The lowest BCUT2D eigenvalue weighted by molar-refractivity contribution is 0.0267. The summed E-state index contributed by atoms with van der Waals surface area (Å²) >= 11 is 0. The molecule has 3 heterocycles. The number of nitrogens with one attached hydrogen (secondary N) is 1. The van der Waals surface area contributed by atoms with Crippen molar-refractivity contribution in [3.05, 3.63) is 72.6 Å². The Bertz CT molecular complexity index is 979. The van der Waals surface area contributed by atoms with Crippen molar-refractivity contribution in [2.24, 2.45) is 0 Å². The number of nitrogens with zero attached hydrogens (tertiary/aromatic N) is 3. The molecule has 1 aromatic carbocycles. The summed E-state index contributed by atoms with van der Waals surface area (Å²) in [6.07, 6.45) is 5.32. The SMILES string of the molecule is COC1CCCN(C(=O)c2cccnc2Oc2ccc(Nc3ccccn3)cc2)C1. The first kappa shape index (κ1) is 19.8. The van der Waals surface area contributed by atoms with Gasteiger partial charge in [-0.2, -0.15) is 0 Å². The standard InChI is InChI=1S/C23H24N4O3/c1-29-19-6-5-15-27(16-19)23(28)20-7-4-14-25-22(20)30-18-11-9-17(10-12-18)26-21-8-2-3-13-24-21/h2-4,7-14,19H,5-6,15-16H2,1H3,(H,24,26). The second-order valence-corrected chi connectivity index (χ2v) is 7.07. The first-order chi connectivity index (χ1) is 14.7. The minimum atomic E-state index is -0.0895. The van der Waals surface area contributed by atoms with Gasteiger partial charge in [0, 0.05) is 38.3 Å². The quantitative estimate of drug-likeness (QED) is 0.661. The van der Waals surface area contributed by atoms with Crippen LogP contribution < -0.4 is 10.1 Å². The fraction of sp³-hybridized carbons (Fsp3) is 0.261. The van der Waals surface area contributed by atoms with Gasteiger partial charge in [0.1, 0.15) is 17.1 Å². The maximum atomic E-state index is 13.1. The van der Waals surface area contributed by atoms with Crippen molar-refractivity contribution in [1.82, 2.24) is 14.9 Å². The Morgan fingerprint density at radius 2 is 1.90 bits per heavy atom. The lowest BCUT2D eigenvalue weighted by Crippen LogP contribution is -2.43. The topological polar surface area (TPSA) is 76.6 Å². The molecule has 1 aliphatic rings. The summed E-state index contributed by atoms with van der Waals surface area (Å²) in [7, 11) is 1.68. The lowest BCUT2D eigenvalue weighted by atomic mass is 10.1. The number of hydrogen-bond acceptors (Lipinski definition) is 6. The van der Waals surface area contributed by atoms with Gasteiger partial charge in [-0.1, -0.05) is 6.07 Å². The van der Waals surface area contributed by atoms with E-state index in [2.05, 4.69) is 15.3 Å². The molecule has 1 atom stereocenters. The van der Waals surface area contributed by atoms with E-state index < -0.39 is 0 Å². The highest BCUT2D eigenvalue weighted by atomic mass is 16.5. The van der Waals surface area contributed by atoms with E-state index in [9.17, 15) is 4.79 Å². The van der Waals surface area contributed by atoms with E-state index in [1.165, 1.54) is 0 Å². The summed E-state index contributed by atoms with van der Waals surface area (Å²) in [4.78, 5) is 23.4. The van der Waals surface area contributed by atoms with Crippen LogP contribution in [0.3, 0.4) is 0 Å². The Morgan fingerprint density at radius 1 is 1.07 bits per heavy atom. The van der Waals surface area contributed by atoms with Crippen molar-refractivity contribution in [1.29, 1.82) is 0 Å². The van der Waals surface area contributed by atoms with Crippen LogP contribution in [0.2, 0.25) is 0 Å². The lowest BCUT2D eigenvalue weighted by Gasteiger charge is -2.32. The zero-order valence-corrected chi connectivity index (χ0v) is 16.8. The summed E-state index contributed by atoms with van der Waals surface area (Å²) < 4.78 is 11.4. The molecule has 1 amide bonds. The third kappa shape index (κ3) is 4.75. The molecule has 1 N–H and O–H groups in total. The molecule has 4 rings (SSSR count). The van der Waals surface area contributed by atoms with Gasteiger partial charge in [-0.05, 0) is 61.4 Å². The number of aromatic nitrogens is 2. The molecular weight excluding hydrogens is 380 g/mol. The minimum Gasteiger partial charge on any atom is -0.438 e. The number of amides is 1. The van der Waals surface area contributed by atoms with Gasteiger partial charge in [0.15, 0.2) is 0 Å². The predicted octanol–water partition coefficient (Wildman–Crippen LogP) is 4.26. The first-order valence-corrected chi connectivity index (χ1v) is 9.96. The zero-order valence-electron chi connectivity index (χ0n) is 16.8. The average Bonchev–Trinajstić information content (AvgIpc) is 2.81. The molecule has 0 radical (unpaired) electrons. The molecule has 1 fully saturated rings. The van der Waals surface area contributed by atoms with Gasteiger partial charge in [-0.3, -0.25) is 4.79 Å². The third-order valence-corrected chi connectivity index (χ3v) is 5.01. The number of methoxy groups -OCH3 is 1. The Labute approximate surface area is 175 Å². The number of pyridine rings is 2. The average molecular weight is 404 g/mol. The van der Waals surface area contributed by atoms with Crippen molar-refractivity contribution >= 4 is 17.4 Å². The Hall–Kier alpha value is -3.45. The van der Waals surface area contributed by atoms with Crippen LogP contribution in [-0.2, 0) is 4.74 Å². The Morgan fingerprint density at radius 3 is 2.67 bits per heavy atom. The van der Waals surface area contributed by atoms with Crippen LogP contribution in [0.1, 0.15) is 23.2 Å². The van der Waals surface area contributed by atoms with Crippen LogP contribution >= 0.6 is 0 Å². The molecule has 3 aromatic rings. The number of likely N-dealkylation sites (tertiary alicyclic amines) is 1. The number of benzene rings is 1. The van der Waals surface area contributed by atoms with Gasteiger partial charge < -0.3 is 19.7 Å². The fourth-order valence-electron chi connectivity index (χ4n) is 3.42. The highest BCUT2D eigenvalue weighted by Gasteiger charge is 2.26. The number of piperidine rings is 1. The summed E-state index contributed by atoms with van der Waals surface area (Å²) in [5.41, 5.74) is 1.34. The largest absolute Gasteiger partial charge is 0.438 e. The van der Waals surface area contributed by atoms with Crippen molar-refractivity contribution in [3.63, 3.8) is 0 Å². The normalized spacial score (nSPS) is 16.2. The van der Waals surface area contributed by atoms with E-state index in [1.807, 2.05) is 42.5 Å². The van der Waals surface area contributed by atoms with Crippen LogP contribution in [0, 0.1) is 0 Å². The Balaban J connectivity index is 1.47. The van der Waals surface area contributed by atoms with Crippen LogP contribution in [0.5, 0.6) is 11.6 Å². The van der Waals surface area contributed by atoms with Gasteiger partial charge in [0.2, 0.25) is 5.88 Å². The van der Waals surface area contributed by atoms with Crippen molar-refractivity contribution in [2.75, 3.05) is 25.5 Å². The van der Waals surface area contributed by atoms with Crippen LogP contribution in [0.15, 0.2) is 67.0 Å². The molecule has 30 heavy (non-hydrogen) atoms. The fourth-order valence-corrected chi connectivity index (χ4v) is 3.42. The van der Waals surface area contributed by atoms with Crippen molar-refractivity contribution in [2.45, 2.75) is 18.9 Å². The maximum Gasteiger partial charge on any atom is 0.259 e. The van der Waals surface area contributed by atoms with E-state index in [4.69, 9.17) is 9.47 Å². The molecule has 0 aliphatic carbocycles. The van der Waals surface area contributed by atoms with E-state index in [-0.39, 0.29) is 12.0 Å². The molecule has 7 nitrogen and oxygen atoms in total. The van der Waals surface area contributed by atoms with Gasteiger partial charge in [0.25, 0.3) is 5.91 Å². The monoisotopic (exact) mass is 404 g/mol. The van der Waals surface area contributed by atoms with Crippen LogP contribution in [0.4, 0.5) is 11.5 Å². The molecule has 0 bridgehead atoms. The van der Waals surface area contributed by atoms with E-state index in [0.29, 0.717) is 30.3 Å². The summed E-state index contributed by atoms with van der Waals surface area (Å²) in [5.74, 6) is 1.57. The zero-order chi connectivity index (χ0) is 20.8. The molecule has 2 aromatic heterocycles. The number of ether oxygens (including phenoxy) is 2. The second-order valence-electron chi connectivity index (χ2n) is 7.07. The highest BCUT2D eigenvalue weighted by molar-refractivity contribution is 5.96. The van der Waals surface area contributed by atoms with Gasteiger partial charge in [0.05, 0.1) is 6.10 Å². The summed E-state index contributed by atoms with van der Waals surface area (Å²) in [6, 6.07) is 16.6. The number of anilines is 2. The third-order valence-electron chi connectivity index (χ3n) is 5.01. The number of carbonyl (C=O) groups is 1. The molecule has 1 saturated heterocycles.